The Morgan fingerprint density at radius 2 is 1.89 bits per heavy atom. The summed E-state index contributed by atoms with van der Waals surface area (Å²) < 4.78 is 10.5. The first-order valence-electron chi connectivity index (χ1n) is 6.17. The average Bonchev–Trinajstić information content (AvgIpc) is 2.43. The SMILES string of the molecule is COc1ccc(COCC[C@@H](O)[C@@H](C)CO)cc1. The Balaban J connectivity index is 2.21. The molecular weight excluding hydrogens is 232 g/mol. The molecule has 18 heavy (non-hydrogen) atoms. The Bertz CT molecular complexity index is 323. The van der Waals surface area contributed by atoms with Crippen molar-refractivity contribution < 1.29 is 19.7 Å². The minimum Gasteiger partial charge on any atom is -0.497 e. The maximum Gasteiger partial charge on any atom is 0.118 e. The lowest BCUT2D eigenvalue weighted by Gasteiger charge is -2.16. The fraction of sp³-hybridized carbons (Fsp3) is 0.571. The number of aliphatic hydroxyl groups is 2. The van der Waals surface area contributed by atoms with Crippen LogP contribution in [0, 0.1) is 5.92 Å². The van der Waals surface area contributed by atoms with E-state index < -0.39 is 6.10 Å². The second-order valence-electron chi connectivity index (χ2n) is 4.42. The number of methoxy groups -OCH3 is 1. The van der Waals surface area contributed by atoms with Gasteiger partial charge < -0.3 is 19.7 Å². The summed E-state index contributed by atoms with van der Waals surface area (Å²) in [5, 5.41) is 18.5. The highest BCUT2D eigenvalue weighted by molar-refractivity contribution is 5.26. The lowest BCUT2D eigenvalue weighted by atomic mass is 10.0. The molecule has 0 saturated carbocycles. The summed E-state index contributed by atoms with van der Waals surface area (Å²) in [5.74, 6) is 0.723. The molecule has 2 N–H and O–H groups in total. The van der Waals surface area contributed by atoms with Crippen LogP contribution in [0.15, 0.2) is 24.3 Å². The summed E-state index contributed by atoms with van der Waals surface area (Å²) in [4.78, 5) is 0. The van der Waals surface area contributed by atoms with Crippen LogP contribution in [0.3, 0.4) is 0 Å². The monoisotopic (exact) mass is 254 g/mol. The quantitative estimate of drug-likeness (QED) is 0.692. The fourth-order valence-electron chi connectivity index (χ4n) is 1.52. The first-order valence-corrected chi connectivity index (χ1v) is 6.17. The van der Waals surface area contributed by atoms with Crippen molar-refractivity contribution in [1.82, 2.24) is 0 Å². The summed E-state index contributed by atoms with van der Waals surface area (Å²) in [6, 6.07) is 7.68. The third-order valence-corrected chi connectivity index (χ3v) is 2.93. The van der Waals surface area contributed by atoms with Crippen molar-refractivity contribution >= 4 is 0 Å². The van der Waals surface area contributed by atoms with E-state index in [4.69, 9.17) is 14.6 Å². The highest BCUT2D eigenvalue weighted by Crippen LogP contribution is 2.12. The molecule has 1 rings (SSSR count). The lowest BCUT2D eigenvalue weighted by Crippen LogP contribution is -2.22. The van der Waals surface area contributed by atoms with Crippen molar-refractivity contribution in [2.75, 3.05) is 20.3 Å². The van der Waals surface area contributed by atoms with Crippen LogP contribution in [0.1, 0.15) is 18.9 Å². The standard InChI is InChI=1S/C14H22O4/c1-11(9-15)14(16)7-8-18-10-12-3-5-13(17-2)6-4-12/h3-6,11,14-16H,7-10H2,1-2H3/t11-,14+/m0/s1. The topological polar surface area (TPSA) is 58.9 Å². The van der Waals surface area contributed by atoms with Crippen molar-refractivity contribution in [3.8, 4) is 5.75 Å². The van der Waals surface area contributed by atoms with Crippen LogP contribution >= 0.6 is 0 Å². The van der Waals surface area contributed by atoms with Crippen LogP contribution in [0.25, 0.3) is 0 Å². The van der Waals surface area contributed by atoms with Gasteiger partial charge in [0.15, 0.2) is 0 Å². The zero-order valence-corrected chi connectivity index (χ0v) is 11.0. The lowest BCUT2D eigenvalue weighted by molar-refractivity contribution is 0.0325. The van der Waals surface area contributed by atoms with Gasteiger partial charge in [0, 0.05) is 19.1 Å². The molecule has 0 aliphatic carbocycles. The van der Waals surface area contributed by atoms with Crippen LogP contribution in [-0.4, -0.2) is 36.6 Å². The summed E-state index contributed by atoms with van der Waals surface area (Å²) in [5.41, 5.74) is 1.07. The molecule has 1 aromatic rings. The highest BCUT2D eigenvalue weighted by atomic mass is 16.5. The maximum absolute atomic E-state index is 9.63. The van der Waals surface area contributed by atoms with E-state index in [1.165, 1.54) is 0 Å². The third kappa shape index (κ3) is 5.04. The van der Waals surface area contributed by atoms with Gasteiger partial charge in [0.1, 0.15) is 5.75 Å². The molecule has 0 bridgehead atoms. The molecule has 4 heteroatoms. The number of benzene rings is 1. The van der Waals surface area contributed by atoms with E-state index in [1.807, 2.05) is 31.2 Å². The maximum atomic E-state index is 9.63. The van der Waals surface area contributed by atoms with E-state index in [-0.39, 0.29) is 12.5 Å². The molecule has 1 aromatic carbocycles. The molecule has 0 heterocycles. The van der Waals surface area contributed by atoms with E-state index in [0.717, 1.165) is 11.3 Å². The Labute approximate surface area is 108 Å². The van der Waals surface area contributed by atoms with Crippen molar-refractivity contribution in [2.24, 2.45) is 5.92 Å². The van der Waals surface area contributed by atoms with E-state index in [9.17, 15) is 5.11 Å². The Kier molecular flexibility index (Phi) is 6.72. The Morgan fingerprint density at radius 3 is 2.44 bits per heavy atom. The van der Waals surface area contributed by atoms with Gasteiger partial charge in [-0.3, -0.25) is 0 Å². The van der Waals surface area contributed by atoms with Gasteiger partial charge >= 0.3 is 0 Å². The van der Waals surface area contributed by atoms with Gasteiger partial charge in [0.25, 0.3) is 0 Å². The van der Waals surface area contributed by atoms with Crippen LogP contribution < -0.4 is 4.74 Å². The predicted octanol–water partition coefficient (Wildman–Crippen LogP) is 1.59. The molecule has 0 saturated heterocycles. The van der Waals surface area contributed by atoms with Crippen LogP contribution in [0.2, 0.25) is 0 Å². The Hall–Kier alpha value is -1.10. The zero-order chi connectivity index (χ0) is 13.4. The summed E-state index contributed by atoms with van der Waals surface area (Å²) in [6.07, 6.45) is 0.0311. The summed E-state index contributed by atoms with van der Waals surface area (Å²) in [6.45, 7) is 2.82. The number of ether oxygens (including phenoxy) is 2. The van der Waals surface area contributed by atoms with Crippen LogP contribution in [0.4, 0.5) is 0 Å². The van der Waals surface area contributed by atoms with Gasteiger partial charge in [0.05, 0.1) is 19.8 Å². The fourth-order valence-corrected chi connectivity index (χ4v) is 1.52. The Morgan fingerprint density at radius 1 is 1.22 bits per heavy atom. The van der Waals surface area contributed by atoms with Crippen LogP contribution in [0.5, 0.6) is 5.75 Å². The van der Waals surface area contributed by atoms with Crippen molar-refractivity contribution in [1.29, 1.82) is 0 Å². The molecule has 0 aromatic heterocycles. The van der Waals surface area contributed by atoms with Crippen molar-refractivity contribution in [3.05, 3.63) is 29.8 Å². The van der Waals surface area contributed by atoms with Gasteiger partial charge in [-0.2, -0.15) is 0 Å². The van der Waals surface area contributed by atoms with Gasteiger partial charge in [-0.1, -0.05) is 19.1 Å². The van der Waals surface area contributed by atoms with Crippen molar-refractivity contribution in [2.45, 2.75) is 26.1 Å². The smallest absolute Gasteiger partial charge is 0.118 e. The number of hydrogen-bond donors (Lipinski definition) is 2. The molecule has 0 spiro atoms. The van der Waals surface area contributed by atoms with Gasteiger partial charge in [-0.05, 0) is 24.1 Å². The zero-order valence-electron chi connectivity index (χ0n) is 11.0. The molecular formula is C14H22O4. The minimum atomic E-state index is -0.508. The molecule has 0 aliphatic heterocycles. The molecule has 0 fully saturated rings. The second-order valence-corrected chi connectivity index (χ2v) is 4.42. The second kappa shape index (κ2) is 8.08. The highest BCUT2D eigenvalue weighted by Gasteiger charge is 2.12. The largest absolute Gasteiger partial charge is 0.497 e. The predicted molar refractivity (Wildman–Crippen MR) is 69.5 cm³/mol. The normalized spacial score (nSPS) is 14.2. The van der Waals surface area contributed by atoms with Gasteiger partial charge in [-0.25, -0.2) is 0 Å². The third-order valence-electron chi connectivity index (χ3n) is 2.93. The molecule has 2 atom stereocenters. The van der Waals surface area contributed by atoms with Gasteiger partial charge in [0.2, 0.25) is 0 Å². The van der Waals surface area contributed by atoms with Crippen molar-refractivity contribution in [3.63, 3.8) is 0 Å². The molecule has 0 radical (unpaired) electrons. The van der Waals surface area contributed by atoms with E-state index in [2.05, 4.69) is 0 Å². The minimum absolute atomic E-state index is 0.000351. The molecule has 0 unspecified atom stereocenters. The molecule has 102 valence electrons. The molecule has 0 aliphatic rings. The number of hydrogen-bond acceptors (Lipinski definition) is 4. The van der Waals surface area contributed by atoms with Crippen LogP contribution in [-0.2, 0) is 11.3 Å². The first kappa shape index (κ1) is 15.0. The summed E-state index contributed by atoms with van der Waals surface area (Å²) >= 11 is 0. The molecule has 0 amide bonds. The molecule has 4 nitrogen and oxygen atoms in total. The van der Waals surface area contributed by atoms with Gasteiger partial charge in [-0.15, -0.1) is 0 Å². The number of aliphatic hydroxyl groups excluding tert-OH is 2. The van der Waals surface area contributed by atoms with E-state index >= 15 is 0 Å². The summed E-state index contributed by atoms with van der Waals surface area (Å²) in [7, 11) is 1.63. The van der Waals surface area contributed by atoms with E-state index in [1.54, 1.807) is 7.11 Å². The average molecular weight is 254 g/mol. The van der Waals surface area contributed by atoms with E-state index in [0.29, 0.717) is 19.6 Å². The number of rotatable bonds is 8. The first-order chi connectivity index (χ1) is 8.67.